The van der Waals surface area contributed by atoms with Gasteiger partial charge in [-0.25, -0.2) is 5.43 Å². The van der Waals surface area contributed by atoms with Crippen molar-refractivity contribution < 1.29 is 23.9 Å². The zero-order chi connectivity index (χ0) is 22.8. The molecule has 3 amide bonds. The highest BCUT2D eigenvalue weighted by Crippen LogP contribution is 2.29. The Morgan fingerprint density at radius 1 is 0.935 bits per heavy atom. The average molecular weight is 426 g/mol. The Labute approximate surface area is 180 Å². The summed E-state index contributed by atoms with van der Waals surface area (Å²) in [6.07, 6.45) is 0.789. The normalized spacial score (nSPS) is 10.8. The number of ether oxygens (including phenoxy) is 2. The molecular weight excluding hydrogens is 400 g/mol. The summed E-state index contributed by atoms with van der Waals surface area (Å²) in [5.41, 5.74) is 4.56. The van der Waals surface area contributed by atoms with Gasteiger partial charge in [0.15, 0.2) is 0 Å². The van der Waals surface area contributed by atoms with E-state index in [1.807, 2.05) is 19.1 Å². The van der Waals surface area contributed by atoms with E-state index in [1.165, 1.54) is 14.2 Å². The predicted octanol–water partition coefficient (Wildman–Crippen LogP) is 2.73. The van der Waals surface area contributed by atoms with E-state index in [2.05, 4.69) is 21.2 Å². The minimum Gasteiger partial charge on any atom is -0.497 e. The minimum absolute atomic E-state index is 0.0877. The molecule has 0 saturated heterocycles. The number of nitrogens with one attached hydrogen (secondary N) is 3. The molecule has 3 N–H and O–H groups in total. The fourth-order valence-corrected chi connectivity index (χ4v) is 2.58. The summed E-state index contributed by atoms with van der Waals surface area (Å²) in [5.74, 6) is -1.11. The lowest BCUT2D eigenvalue weighted by Gasteiger charge is -2.11. The maximum Gasteiger partial charge on any atom is 0.329 e. The van der Waals surface area contributed by atoms with Gasteiger partial charge in [0.25, 0.3) is 0 Å². The number of amides is 3. The highest BCUT2D eigenvalue weighted by Gasteiger charge is 2.14. The number of hydrogen-bond acceptors (Lipinski definition) is 6. The molecule has 0 unspecified atom stereocenters. The topological polar surface area (TPSA) is 118 Å². The molecule has 0 spiro atoms. The molecule has 0 heterocycles. The molecule has 0 bridgehead atoms. The van der Waals surface area contributed by atoms with Crippen LogP contribution in [0.4, 0.5) is 11.4 Å². The fraction of sp³-hybridized carbons (Fsp3) is 0.273. The molecule has 9 nitrogen and oxygen atoms in total. The highest BCUT2D eigenvalue weighted by atomic mass is 16.5. The maximum absolute atomic E-state index is 12.2. The number of carbonyl (C=O) groups is 3. The highest BCUT2D eigenvalue weighted by molar-refractivity contribution is 6.39. The van der Waals surface area contributed by atoms with Crippen LogP contribution >= 0.6 is 0 Å². The maximum atomic E-state index is 12.2. The summed E-state index contributed by atoms with van der Waals surface area (Å²) in [4.78, 5) is 36.2. The number of benzene rings is 2. The van der Waals surface area contributed by atoms with Gasteiger partial charge in [0.05, 0.1) is 26.3 Å². The van der Waals surface area contributed by atoms with E-state index >= 15 is 0 Å². The summed E-state index contributed by atoms with van der Waals surface area (Å²) < 4.78 is 10.4. The van der Waals surface area contributed by atoms with Crippen LogP contribution in [0.1, 0.15) is 25.8 Å². The van der Waals surface area contributed by atoms with Gasteiger partial charge in [-0.3, -0.25) is 14.4 Å². The van der Waals surface area contributed by atoms with Crippen LogP contribution in [-0.4, -0.2) is 37.7 Å². The van der Waals surface area contributed by atoms with Gasteiger partial charge in [-0.1, -0.05) is 19.1 Å². The zero-order valence-electron chi connectivity index (χ0n) is 17.9. The number of methoxy groups -OCH3 is 2. The molecule has 0 radical (unpaired) electrons. The van der Waals surface area contributed by atoms with Gasteiger partial charge in [-0.05, 0) is 43.2 Å². The van der Waals surface area contributed by atoms with Crippen LogP contribution in [0.2, 0.25) is 0 Å². The van der Waals surface area contributed by atoms with Gasteiger partial charge in [0.2, 0.25) is 5.91 Å². The SMILES string of the molecule is CCc1ccc(NC(=O)C(=O)N/N=C(/C)CC(=O)Nc2ccc(OC)cc2OC)cc1. The molecular formula is C22H26N4O5. The number of nitrogens with zero attached hydrogens (tertiary/aromatic N) is 1. The third-order valence-corrected chi connectivity index (χ3v) is 4.27. The second-order valence-corrected chi connectivity index (χ2v) is 6.58. The van der Waals surface area contributed by atoms with E-state index < -0.39 is 11.8 Å². The largest absolute Gasteiger partial charge is 0.497 e. The van der Waals surface area contributed by atoms with Crippen molar-refractivity contribution in [3.8, 4) is 11.5 Å². The molecule has 2 aromatic rings. The van der Waals surface area contributed by atoms with E-state index in [0.717, 1.165) is 12.0 Å². The van der Waals surface area contributed by atoms with Crippen LogP contribution in [0, 0.1) is 0 Å². The molecule has 2 aromatic carbocycles. The number of rotatable bonds is 8. The lowest BCUT2D eigenvalue weighted by atomic mass is 10.1. The van der Waals surface area contributed by atoms with Gasteiger partial charge in [0, 0.05) is 17.5 Å². The summed E-state index contributed by atoms with van der Waals surface area (Å²) in [6, 6.07) is 12.2. The Morgan fingerprint density at radius 2 is 1.65 bits per heavy atom. The fourth-order valence-electron chi connectivity index (χ4n) is 2.58. The molecule has 0 fully saturated rings. The summed E-state index contributed by atoms with van der Waals surface area (Å²) >= 11 is 0. The Morgan fingerprint density at radius 3 is 2.26 bits per heavy atom. The van der Waals surface area contributed by atoms with Gasteiger partial charge in [-0.2, -0.15) is 5.10 Å². The lowest BCUT2D eigenvalue weighted by Crippen LogP contribution is -2.33. The zero-order valence-corrected chi connectivity index (χ0v) is 17.9. The standard InChI is InChI=1S/C22H26N4O5/c1-5-15-6-8-16(9-7-15)23-21(28)22(29)26-25-14(2)12-20(27)24-18-11-10-17(30-3)13-19(18)31-4/h6-11,13H,5,12H2,1-4H3,(H,23,28)(H,24,27)(H,26,29)/b25-14-. The molecule has 164 valence electrons. The molecule has 0 aliphatic heterocycles. The van der Waals surface area contributed by atoms with E-state index in [-0.39, 0.29) is 12.3 Å². The number of carbonyl (C=O) groups excluding carboxylic acids is 3. The number of aryl methyl sites for hydroxylation is 1. The molecule has 0 aromatic heterocycles. The Kier molecular flexibility index (Phi) is 8.56. The van der Waals surface area contributed by atoms with Crippen LogP contribution in [0.5, 0.6) is 11.5 Å². The number of hydrogen-bond donors (Lipinski definition) is 3. The van der Waals surface area contributed by atoms with Gasteiger partial charge in [-0.15, -0.1) is 0 Å². The van der Waals surface area contributed by atoms with Gasteiger partial charge < -0.3 is 20.1 Å². The Hall–Kier alpha value is -3.88. The first-order valence-corrected chi connectivity index (χ1v) is 9.61. The van der Waals surface area contributed by atoms with Crippen molar-refractivity contribution in [3.63, 3.8) is 0 Å². The molecule has 31 heavy (non-hydrogen) atoms. The van der Waals surface area contributed by atoms with Crippen LogP contribution in [-0.2, 0) is 20.8 Å². The van der Waals surface area contributed by atoms with Gasteiger partial charge in [0.1, 0.15) is 11.5 Å². The summed E-state index contributed by atoms with van der Waals surface area (Å²) in [5, 5.41) is 9.00. The third-order valence-electron chi connectivity index (χ3n) is 4.27. The van der Waals surface area contributed by atoms with Gasteiger partial charge >= 0.3 is 11.8 Å². The third kappa shape index (κ3) is 7.14. The molecule has 9 heteroatoms. The number of anilines is 2. The van der Waals surface area contributed by atoms with Crippen LogP contribution in [0.25, 0.3) is 0 Å². The second-order valence-electron chi connectivity index (χ2n) is 6.58. The molecule has 0 saturated carbocycles. The van der Waals surface area contributed by atoms with Crippen molar-refractivity contribution in [2.45, 2.75) is 26.7 Å². The lowest BCUT2D eigenvalue weighted by molar-refractivity contribution is -0.136. The first kappa shape index (κ1) is 23.4. The van der Waals surface area contributed by atoms with Crippen molar-refractivity contribution in [2.24, 2.45) is 5.10 Å². The Bertz CT molecular complexity index is 970. The average Bonchev–Trinajstić information content (AvgIpc) is 2.78. The van der Waals surface area contributed by atoms with E-state index in [0.29, 0.717) is 28.6 Å². The minimum atomic E-state index is -0.934. The monoisotopic (exact) mass is 426 g/mol. The van der Waals surface area contributed by atoms with Crippen LogP contribution in [0.3, 0.4) is 0 Å². The first-order valence-electron chi connectivity index (χ1n) is 9.61. The van der Waals surface area contributed by atoms with Crippen molar-refractivity contribution in [3.05, 3.63) is 48.0 Å². The quantitative estimate of drug-likeness (QED) is 0.341. The van der Waals surface area contributed by atoms with Crippen molar-refractivity contribution in [1.82, 2.24) is 5.43 Å². The predicted molar refractivity (Wildman–Crippen MR) is 118 cm³/mol. The first-order chi connectivity index (χ1) is 14.9. The van der Waals surface area contributed by atoms with E-state index in [9.17, 15) is 14.4 Å². The van der Waals surface area contributed by atoms with Crippen molar-refractivity contribution >= 4 is 34.8 Å². The molecule has 0 atom stereocenters. The smallest absolute Gasteiger partial charge is 0.329 e. The van der Waals surface area contributed by atoms with E-state index in [4.69, 9.17) is 9.47 Å². The second kappa shape index (κ2) is 11.3. The van der Waals surface area contributed by atoms with E-state index in [1.54, 1.807) is 37.3 Å². The van der Waals surface area contributed by atoms with Crippen LogP contribution < -0.4 is 25.5 Å². The summed E-state index contributed by atoms with van der Waals surface area (Å²) in [6.45, 7) is 3.58. The van der Waals surface area contributed by atoms with Crippen molar-refractivity contribution in [2.75, 3.05) is 24.9 Å². The molecule has 2 rings (SSSR count). The van der Waals surface area contributed by atoms with Crippen molar-refractivity contribution in [1.29, 1.82) is 0 Å². The molecule has 0 aliphatic rings. The number of hydrazone groups is 1. The summed E-state index contributed by atoms with van der Waals surface area (Å²) in [7, 11) is 3.01. The Balaban J connectivity index is 1.87. The molecule has 0 aliphatic carbocycles. The van der Waals surface area contributed by atoms with Crippen LogP contribution in [0.15, 0.2) is 47.6 Å².